The number of hydrogen-bond acceptors (Lipinski definition) is 6. The SMILES string of the molecule is Cc1n[nH]c(C)c1S(=O)(=O)N1CC2CCCC(C1)C2Oc1cnccn1. The third-order valence-corrected chi connectivity index (χ3v) is 7.51. The van der Waals surface area contributed by atoms with Crippen molar-refractivity contribution in [1.82, 2.24) is 24.5 Å². The second kappa shape index (κ2) is 6.62. The van der Waals surface area contributed by atoms with Gasteiger partial charge in [0.2, 0.25) is 15.9 Å². The number of aromatic nitrogens is 4. The van der Waals surface area contributed by atoms with Crippen LogP contribution in [0.2, 0.25) is 0 Å². The number of H-pyrrole nitrogens is 1. The molecule has 1 saturated carbocycles. The number of sulfonamides is 1. The Bertz CT molecular complexity index is 850. The van der Waals surface area contributed by atoms with Crippen molar-refractivity contribution in [2.75, 3.05) is 13.1 Å². The molecule has 2 unspecified atom stereocenters. The fraction of sp³-hybridized carbons (Fsp3) is 0.588. The molecule has 1 N–H and O–H groups in total. The van der Waals surface area contributed by atoms with Crippen molar-refractivity contribution >= 4 is 10.0 Å². The lowest BCUT2D eigenvalue weighted by molar-refractivity contribution is -0.0123. The van der Waals surface area contributed by atoms with Gasteiger partial charge in [-0.05, 0) is 26.7 Å². The summed E-state index contributed by atoms with van der Waals surface area (Å²) >= 11 is 0. The number of fused-ring (bicyclic) bond motifs is 2. The van der Waals surface area contributed by atoms with Crippen LogP contribution in [0.4, 0.5) is 0 Å². The van der Waals surface area contributed by atoms with Crippen molar-refractivity contribution in [1.29, 1.82) is 0 Å². The highest BCUT2D eigenvalue weighted by molar-refractivity contribution is 7.89. The lowest BCUT2D eigenvalue weighted by atomic mass is 9.76. The maximum atomic E-state index is 13.2. The van der Waals surface area contributed by atoms with Gasteiger partial charge in [0, 0.05) is 37.3 Å². The third kappa shape index (κ3) is 2.99. The summed E-state index contributed by atoms with van der Waals surface area (Å²) < 4.78 is 34.1. The van der Waals surface area contributed by atoms with Crippen LogP contribution in [-0.4, -0.2) is 52.1 Å². The molecule has 140 valence electrons. The van der Waals surface area contributed by atoms with E-state index in [0.29, 0.717) is 35.3 Å². The molecular formula is C17H23N5O3S. The zero-order valence-electron chi connectivity index (χ0n) is 14.9. The summed E-state index contributed by atoms with van der Waals surface area (Å²) in [6, 6.07) is 0. The number of piperidine rings is 1. The molecule has 2 aliphatic rings. The van der Waals surface area contributed by atoms with Gasteiger partial charge in [0.15, 0.2) is 0 Å². The molecule has 9 heteroatoms. The summed E-state index contributed by atoms with van der Waals surface area (Å²) in [7, 11) is -3.56. The van der Waals surface area contributed by atoms with Crippen molar-refractivity contribution in [2.45, 2.75) is 44.1 Å². The summed E-state index contributed by atoms with van der Waals surface area (Å²) in [6.45, 7) is 4.40. The van der Waals surface area contributed by atoms with Gasteiger partial charge in [-0.2, -0.15) is 9.40 Å². The fourth-order valence-corrected chi connectivity index (χ4v) is 6.15. The minimum Gasteiger partial charge on any atom is -0.473 e. The van der Waals surface area contributed by atoms with E-state index in [1.165, 1.54) is 0 Å². The molecule has 1 aliphatic carbocycles. The summed E-state index contributed by atoms with van der Waals surface area (Å²) in [6.07, 6.45) is 7.82. The maximum Gasteiger partial charge on any atom is 0.246 e. The molecule has 0 amide bonds. The smallest absolute Gasteiger partial charge is 0.246 e. The Labute approximate surface area is 153 Å². The van der Waals surface area contributed by atoms with Crippen LogP contribution in [0.25, 0.3) is 0 Å². The first-order chi connectivity index (χ1) is 12.5. The number of ether oxygens (including phenoxy) is 1. The van der Waals surface area contributed by atoms with E-state index >= 15 is 0 Å². The average molecular weight is 377 g/mol. The maximum absolute atomic E-state index is 13.2. The highest BCUT2D eigenvalue weighted by atomic mass is 32.2. The second-order valence-corrected chi connectivity index (χ2v) is 9.04. The van der Waals surface area contributed by atoms with Gasteiger partial charge < -0.3 is 4.74 Å². The monoisotopic (exact) mass is 377 g/mol. The Hall–Kier alpha value is -2.00. The molecule has 0 aromatic carbocycles. The van der Waals surface area contributed by atoms with E-state index in [-0.39, 0.29) is 17.9 Å². The predicted octanol–water partition coefficient (Wildman–Crippen LogP) is 1.68. The van der Waals surface area contributed by atoms with Crippen LogP contribution in [0.1, 0.15) is 30.7 Å². The molecule has 2 aromatic heterocycles. The summed E-state index contributed by atoms with van der Waals surface area (Å²) in [5, 5.41) is 6.83. The molecule has 1 aliphatic heterocycles. The van der Waals surface area contributed by atoms with Crippen LogP contribution in [0.15, 0.2) is 23.5 Å². The van der Waals surface area contributed by atoms with Gasteiger partial charge in [0.25, 0.3) is 0 Å². The van der Waals surface area contributed by atoms with E-state index in [1.54, 1.807) is 36.7 Å². The molecule has 0 radical (unpaired) electrons. The fourth-order valence-electron chi connectivity index (χ4n) is 4.27. The van der Waals surface area contributed by atoms with E-state index in [9.17, 15) is 8.42 Å². The lowest BCUT2D eigenvalue weighted by Gasteiger charge is -2.46. The molecule has 8 nitrogen and oxygen atoms in total. The Morgan fingerprint density at radius 2 is 1.92 bits per heavy atom. The van der Waals surface area contributed by atoms with Crippen LogP contribution >= 0.6 is 0 Å². The zero-order valence-corrected chi connectivity index (χ0v) is 15.7. The van der Waals surface area contributed by atoms with Crippen LogP contribution in [-0.2, 0) is 10.0 Å². The van der Waals surface area contributed by atoms with Gasteiger partial charge in [-0.3, -0.25) is 10.1 Å². The van der Waals surface area contributed by atoms with E-state index in [4.69, 9.17) is 4.74 Å². The van der Waals surface area contributed by atoms with Crippen molar-refractivity contribution in [3.05, 3.63) is 30.0 Å². The summed E-state index contributed by atoms with van der Waals surface area (Å²) in [5.41, 5.74) is 1.11. The number of aromatic amines is 1. The summed E-state index contributed by atoms with van der Waals surface area (Å²) in [5.74, 6) is 0.825. The molecule has 1 saturated heterocycles. The minimum absolute atomic E-state index is 0.0153. The van der Waals surface area contributed by atoms with Gasteiger partial charge in [-0.15, -0.1) is 0 Å². The van der Waals surface area contributed by atoms with Crippen molar-refractivity contribution in [2.24, 2.45) is 11.8 Å². The Morgan fingerprint density at radius 1 is 1.19 bits per heavy atom. The van der Waals surface area contributed by atoms with Crippen LogP contribution in [0.5, 0.6) is 5.88 Å². The first-order valence-corrected chi connectivity index (χ1v) is 10.3. The number of hydrogen-bond donors (Lipinski definition) is 1. The normalized spacial score (nSPS) is 26.6. The van der Waals surface area contributed by atoms with E-state index < -0.39 is 10.0 Å². The number of aryl methyl sites for hydroxylation is 2. The molecule has 3 heterocycles. The van der Waals surface area contributed by atoms with Crippen LogP contribution in [0.3, 0.4) is 0 Å². The molecule has 2 bridgehead atoms. The van der Waals surface area contributed by atoms with Gasteiger partial charge in [-0.1, -0.05) is 6.42 Å². The van der Waals surface area contributed by atoms with Gasteiger partial charge in [0.05, 0.1) is 17.6 Å². The Balaban J connectivity index is 1.58. The molecule has 2 aromatic rings. The van der Waals surface area contributed by atoms with Crippen molar-refractivity contribution < 1.29 is 13.2 Å². The molecule has 26 heavy (non-hydrogen) atoms. The van der Waals surface area contributed by atoms with Gasteiger partial charge >= 0.3 is 0 Å². The van der Waals surface area contributed by atoms with Gasteiger partial charge in [-0.25, -0.2) is 13.4 Å². The van der Waals surface area contributed by atoms with Crippen molar-refractivity contribution in [3.8, 4) is 5.88 Å². The molecule has 2 atom stereocenters. The Kier molecular flexibility index (Phi) is 4.44. The summed E-state index contributed by atoms with van der Waals surface area (Å²) in [4.78, 5) is 8.56. The van der Waals surface area contributed by atoms with Crippen molar-refractivity contribution in [3.63, 3.8) is 0 Å². The standard InChI is InChI=1S/C17H23N5O3S/c1-11-17(12(2)21-20-11)26(23,24)22-9-13-4-3-5-14(10-22)16(13)25-15-8-18-6-7-19-15/h6-8,13-14,16H,3-5,9-10H2,1-2H3,(H,20,21). The minimum atomic E-state index is -3.56. The zero-order chi connectivity index (χ0) is 18.3. The molecule has 4 rings (SSSR count). The van der Waals surface area contributed by atoms with Crippen LogP contribution in [0, 0.1) is 25.7 Å². The van der Waals surface area contributed by atoms with E-state index in [1.807, 2.05) is 0 Å². The highest BCUT2D eigenvalue weighted by Gasteiger charge is 2.45. The topological polar surface area (TPSA) is 101 Å². The Morgan fingerprint density at radius 3 is 2.50 bits per heavy atom. The molecule has 2 fully saturated rings. The number of nitrogens with one attached hydrogen (secondary N) is 1. The largest absolute Gasteiger partial charge is 0.473 e. The van der Waals surface area contributed by atoms with E-state index in [2.05, 4.69) is 20.2 Å². The molecular weight excluding hydrogens is 354 g/mol. The average Bonchev–Trinajstić information content (AvgIpc) is 2.94. The van der Waals surface area contributed by atoms with Crippen LogP contribution < -0.4 is 4.74 Å². The lowest BCUT2D eigenvalue weighted by Crippen LogP contribution is -2.55. The second-order valence-electron chi connectivity index (χ2n) is 7.16. The number of nitrogens with zero attached hydrogens (tertiary/aromatic N) is 4. The first-order valence-electron chi connectivity index (χ1n) is 8.91. The molecule has 0 spiro atoms. The number of rotatable bonds is 4. The first kappa shape index (κ1) is 17.4. The predicted molar refractivity (Wildman–Crippen MR) is 94.1 cm³/mol. The highest BCUT2D eigenvalue weighted by Crippen LogP contribution is 2.39. The quantitative estimate of drug-likeness (QED) is 0.870. The third-order valence-electron chi connectivity index (χ3n) is 5.41. The van der Waals surface area contributed by atoms with E-state index in [0.717, 1.165) is 19.3 Å². The van der Waals surface area contributed by atoms with Gasteiger partial charge in [0.1, 0.15) is 11.0 Å².